The summed E-state index contributed by atoms with van der Waals surface area (Å²) in [5, 5.41) is 0. The van der Waals surface area contributed by atoms with Gasteiger partial charge in [0.15, 0.2) is 0 Å². The van der Waals surface area contributed by atoms with Gasteiger partial charge < -0.3 is 0 Å². The van der Waals surface area contributed by atoms with E-state index in [0.717, 1.165) is 0 Å². The second-order valence-corrected chi connectivity index (χ2v) is 0.877. The molecule has 2 nitrogen and oxygen atoms in total. The van der Waals surface area contributed by atoms with E-state index in [1.165, 1.54) is 0 Å². The molecule has 24 valence electrons. The molecule has 0 aromatic heterocycles. The zero-order chi connectivity index (χ0) is 2.71. The molecular formula is H2Ac2O2Pb. The van der Waals surface area contributed by atoms with E-state index >= 15 is 0 Å². The molecule has 2 N–H and O–H groups in total. The van der Waals surface area contributed by atoms with Crippen LogP contribution in [0.3, 0.4) is 0 Å². The molecule has 0 spiro atoms. The monoisotopic (exact) mass is 696 g/mol. The number of hydrogen-bond acceptors (Lipinski definition) is 2. The van der Waals surface area contributed by atoms with Crippen molar-refractivity contribution in [2.75, 3.05) is 0 Å². The van der Waals surface area contributed by atoms with Crippen molar-refractivity contribution >= 4 is 25.1 Å². The third-order valence-electron chi connectivity index (χ3n) is 0. The van der Waals surface area contributed by atoms with Gasteiger partial charge in [-0.2, -0.15) is 0 Å². The van der Waals surface area contributed by atoms with Crippen molar-refractivity contribution in [3.8, 4) is 0 Å². The van der Waals surface area contributed by atoms with Gasteiger partial charge in [0.05, 0.1) is 0 Å². The van der Waals surface area contributed by atoms with Crippen molar-refractivity contribution in [3.05, 3.63) is 0 Å². The van der Waals surface area contributed by atoms with E-state index in [9.17, 15) is 0 Å². The van der Waals surface area contributed by atoms with Gasteiger partial charge in [0.1, 0.15) is 0 Å². The summed E-state index contributed by atoms with van der Waals surface area (Å²) in [4.78, 5) is 0. The molecule has 0 saturated heterocycles. The summed E-state index contributed by atoms with van der Waals surface area (Å²) in [7, 11) is 0. The summed E-state index contributed by atoms with van der Waals surface area (Å²) in [6, 6.07) is 0. The van der Waals surface area contributed by atoms with Gasteiger partial charge in [-0.15, -0.1) is 0 Å². The molecule has 0 aliphatic carbocycles. The summed E-state index contributed by atoms with van der Waals surface area (Å²) < 4.78 is 14.6. The molecule has 0 heterocycles. The first kappa shape index (κ1) is 15.9. The summed E-state index contributed by atoms with van der Waals surface area (Å²) in [5.74, 6) is 0. The predicted octanol–water partition coefficient (Wildman–Crippen LogP) is -1.49. The third-order valence-corrected chi connectivity index (χ3v) is 0. The van der Waals surface area contributed by atoms with Crippen LogP contribution in [-0.2, 0) is 0 Å². The second-order valence-electron chi connectivity index (χ2n) is 0.100. The van der Waals surface area contributed by atoms with Gasteiger partial charge in [0, 0.05) is 88.1 Å². The Bertz CT molecular complexity index is 7.61. The van der Waals surface area contributed by atoms with Crippen molar-refractivity contribution in [2.24, 2.45) is 0 Å². The van der Waals surface area contributed by atoms with E-state index in [1.807, 2.05) is 0 Å². The first-order valence-electron chi connectivity index (χ1n) is 0.447. The van der Waals surface area contributed by atoms with Crippen molar-refractivity contribution in [1.82, 2.24) is 0 Å². The van der Waals surface area contributed by atoms with E-state index in [0.29, 0.717) is 0 Å². The fraction of sp³-hybridized carbons (Fsp3) is 0. The van der Waals surface area contributed by atoms with Gasteiger partial charge in [0.25, 0.3) is 0 Å². The predicted molar refractivity (Wildman–Crippen MR) is 10.2 cm³/mol. The molecule has 0 bridgehead atoms. The van der Waals surface area contributed by atoms with Crippen LogP contribution in [0.25, 0.3) is 0 Å². The van der Waals surface area contributed by atoms with Crippen molar-refractivity contribution in [1.29, 1.82) is 0 Å². The Kier molecular flexibility index (Phi) is 49.7. The average molecular weight is 695 g/mol. The Morgan fingerprint density at radius 3 is 1.00 bits per heavy atom. The van der Waals surface area contributed by atoms with Crippen LogP contribution in [-0.4, -0.2) is 31.3 Å². The topological polar surface area (TPSA) is 40.5 Å². The van der Waals surface area contributed by atoms with Gasteiger partial charge >= 0.3 is 31.3 Å². The van der Waals surface area contributed by atoms with Gasteiger partial charge in [-0.25, -0.2) is 0 Å². The SMILES string of the molecule is [Ac].[Ac].[OH][Pb][OH]. The Hall–Kier alpha value is 3.73. The van der Waals surface area contributed by atoms with Crippen LogP contribution in [0.4, 0.5) is 0 Å². The Balaban J connectivity index is -0.0000000200. The van der Waals surface area contributed by atoms with Gasteiger partial charge in [-0.1, -0.05) is 0 Å². The summed E-state index contributed by atoms with van der Waals surface area (Å²) in [5.41, 5.74) is 0. The molecule has 0 amide bonds. The van der Waals surface area contributed by atoms with E-state index in [1.54, 1.807) is 0 Å². The van der Waals surface area contributed by atoms with E-state index < -0.39 is 25.1 Å². The molecule has 0 aliphatic heterocycles. The van der Waals surface area contributed by atoms with Crippen LogP contribution in [0.15, 0.2) is 0 Å². The van der Waals surface area contributed by atoms with Gasteiger partial charge in [-0.3, -0.25) is 0 Å². The Morgan fingerprint density at radius 2 is 1.00 bits per heavy atom. The molecule has 0 fully saturated rings. The summed E-state index contributed by atoms with van der Waals surface area (Å²) >= 11 is -1.92. The number of hydrogen-bond donors (Lipinski definition) is 2. The van der Waals surface area contributed by atoms with E-state index in [4.69, 9.17) is 6.11 Å². The maximum absolute atomic E-state index is 7.32. The van der Waals surface area contributed by atoms with Crippen molar-refractivity contribution in [3.63, 3.8) is 0 Å². The number of rotatable bonds is 0. The molecule has 0 aromatic carbocycles. The molecule has 4 radical (unpaired) electrons. The molecule has 5 heteroatoms. The van der Waals surface area contributed by atoms with Crippen LogP contribution >= 0.6 is 0 Å². The summed E-state index contributed by atoms with van der Waals surface area (Å²) in [6.45, 7) is 0. The third kappa shape index (κ3) is 18.2. The van der Waals surface area contributed by atoms with Crippen LogP contribution in [0, 0.1) is 88.1 Å². The minimum absolute atomic E-state index is 0. The first-order chi connectivity index (χ1) is 1.41. The van der Waals surface area contributed by atoms with Crippen LogP contribution in [0.1, 0.15) is 0 Å². The van der Waals surface area contributed by atoms with E-state index in [-0.39, 0.29) is 88.1 Å². The van der Waals surface area contributed by atoms with Crippen molar-refractivity contribution < 1.29 is 94.2 Å². The standard InChI is InChI=1S/2Ac.2H2O.Pb/h;;2*1H2;/q;;;;+2/p-2. The average Bonchev–Trinajstić information content (AvgIpc) is 0.918. The zero-order valence-electron chi connectivity index (χ0n) is 2.55. The molecule has 0 aliphatic rings. The molecule has 0 rings (SSSR count). The van der Waals surface area contributed by atoms with Crippen LogP contribution < -0.4 is 0 Å². The Labute approximate surface area is 116 Å². The second kappa shape index (κ2) is 15.6. The van der Waals surface area contributed by atoms with Crippen LogP contribution in [0.2, 0.25) is 0 Å². The van der Waals surface area contributed by atoms with E-state index in [2.05, 4.69) is 0 Å². The quantitative estimate of drug-likeness (QED) is 0.304. The fourth-order valence-corrected chi connectivity index (χ4v) is 0. The molecule has 0 saturated carbocycles. The Morgan fingerprint density at radius 1 is 1.00 bits per heavy atom. The molecule has 0 unspecified atom stereocenters. The van der Waals surface area contributed by atoms with Crippen molar-refractivity contribution in [2.45, 2.75) is 0 Å². The van der Waals surface area contributed by atoms with Crippen LogP contribution in [0.5, 0.6) is 0 Å². The maximum atomic E-state index is 7.32. The molecule has 0 atom stereocenters. The summed E-state index contributed by atoms with van der Waals surface area (Å²) in [6.07, 6.45) is 0. The molecular weight excluding hydrogens is 693 g/mol. The van der Waals surface area contributed by atoms with Gasteiger partial charge in [-0.05, 0) is 0 Å². The van der Waals surface area contributed by atoms with Gasteiger partial charge in [0.2, 0.25) is 0 Å². The fourth-order valence-electron chi connectivity index (χ4n) is 0. The zero-order valence-corrected chi connectivity index (χ0v) is 15.9. The normalized spacial score (nSPS) is 3.60. The molecule has 0 aromatic rings. The minimum atomic E-state index is -1.92. The first-order valence-corrected chi connectivity index (χ1v) is 3.92. The molecule has 5 heavy (non-hydrogen) atoms.